The topological polar surface area (TPSA) is 113 Å². The first-order valence-corrected chi connectivity index (χ1v) is 11.2. The molecule has 10 heteroatoms. The van der Waals surface area contributed by atoms with Gasteiger partial charge in [-0.2, -0.15) is 0 Å². The van der Waals surface area contributed by atoms with Gasteiger partial charge >= 0.3 is 5.97 Å². The molecule has 2 atom stereocenters. The second-order valence-electron chi connectivity index (χ2n) is 6.17. The molecule has 0 spiro atoms. The number of rotatable bonds is 8. The van der Waals surface area contributed by atoms with Crippen LogP contribution in [0.3, 0.4) is 0 Å². The van der Waals surface area contributed by atoms with Gasteiger partial charge in [-0.25, -0.2) is 0 Å². The third-order valence-electron chi connectivity index (χ3n) is 4.13. The Balaban J connectivity index is 2.17. The third-order valence-corrected chi connectivity index (χ3v) is 6.25. The number of aromatic hydroxyl groups is 1. The van der Waals surface area contributed by atoms with E-state index >= 15 is 0 Å². The summed E-state index contributed by atoms with van der Waals surface area (Å²) in [4.78, 5) is 49.7. The van der Waals surface area contributed by atoms with Gasteiger partial charge < -0.3 is 20.1 Å². The smallest absolute Gasteiger partial charge is 0.325 e. The van der Waals surface area contributed by atoms with E-state index in [-0.39, 0.29) is 36.3 Å². The van der Waals surface area contributed by atoms with Crippen molar-refractivity contribution in [2.45, 2.75) is 31.7 Å². The maximum absolute atomic E-state index is 12.9. The number of benzene rings is 1. The molecule has 1 aliphatic rings. The van der Waals surface area contributed by atoms with Gasteiger partial charge in [0.25, 0.3) is 0 Å². The second kappa shape index (κ2) is 11.1. The largest absolute Gasteiger partial charge is 0.508 e. The zero-order valence-electron chi connectivity index (χ0n) is 16.3. The van der Waals surface area contributed by atoms with Gasteiger partial charge in [0.2, 0.25) is 11.8 Å². The summed E-state index contributed by atoms with van der Waals surface area (Å²) in [6.45, 7) is 3.03. The summed E-state index contributed by atoms with van der Waals surface area (Å²) in [7, 11) is 0. The van der Waals surface area contributed by atoms with Crippen LogP contribution in [0.4, 0.5) is 0 Å². The number of nitrogens with zero attached hydrogens (tertiary/aromatic N) is 1. The van der Waals surface area contributed by atoms with Crippen LogP contribution in [0.5, 0.6) is 5.75 Å². The summed E-state index contributed by atoms with van der Waals surface area (Å²) in [5.74, 6) is -0.656. The zero-order valence-corrected chi connectivity index (χ0v) is 17.9. The Bertz CT molecular complexity index is 773. The van der Waals surface area contributed by atoms with Crippen molar-refractivity contribution in [1.29, 1.82) is 0 Å². The van der Waals surface area contributed by atoms with Gasteiger partial charge in [-0.05, 0) is 13.0 Å². The Hall–Kier alpha value is -2.20. The number of amides is 2. The van der Waals surface area contributed by atoms with Gasteiger partial charge in [-0.3, -0.25) is 19.2 Å². The molecule has 1 aromatic carbocycles. The number of hydrogen-bond donors (Lipinski definition) is 2. The van der Waals surface area contributed by atoms with E-state index < -0.39 is 23.3 Å². The summed E-state index contributed by atoms with van der Waals surface area (Å²) in [5.41, 5.74) is 0.533. The monoisotopic (exact) mass is 440 g/mol. The summed E-state index contributed by atoms with van der Waals surface area (Å²) in [6, 6.07) is 5.86. The van der Waals surface area contributed by atoms with Crippen LogP contribution in [-0.2, 0) is 23.9 Å². The van der Waals surface area contributed by atoms with Crippen molar-refractivity contribution < 1.29 is 29.0 Å². The zero-order chi connectivity index (χ0) is 21.4. The highest BCUT2D eigenvalue weighted by atomic mass is 32.2. The number of phenols is 1. The molecule has 0 aliphatic carbocycles. The first kappa shape index (κ1) is 23.1. The van der Waals surface area contributed by atoms with Gasteiger partial charge in [-0.15, -0.1) is 11.8 Å². The van der Waals surface area contributed by atoms with Crippen LogP contribution in [0.2, 0.25) is 0 Å². The van der Waals surface area contributed by atoms with E-state index in [1.165, 1.54) is 29.7 Å². The molecule has 1 aromatic rings. The average Bonchev–Trinajstić information content (AvgIpc) is 3.11. The lowest BCUT2D eigenvalue weighted by Crippen LogP contribution is -2.49. The highest BCUT2D eigenvalue weighted by molar-refractivity contribution is 8.13. The number of para-hydroxylation sites is 1. The third kappa shape index (κ3) is 6.40. The molecular formula is C19H24N2O6S2. The SMILES string of the molecule is CCOC(=O)CNC(=O)[C@@H]1CS[C@H](c2ccccc2O)N1C(=O)CCSC(C)=O. The molecule has 158 valence electrons. The maximum atomic E-state index is 12.9. The summed E-state index contributed by atoms with van der Waals surface area (Å²) < 4.78 is 4.80. The van der Waals surface area contributed by atoms with Crippen LogP contribution in [-0.4, -0.2) is 63.6 Å². The van der Waals surface area contributed by atoms with Crippen LogP contribution in [0, 0.1) is 0 Å². The predicted molar refractivity (Wildman–Crippen MR) is 111 cm³/mol. The molecule has 0 saturated carbocycles. The Morgan fingerprint density at radius 1 is 1.31 bits per heavy atom. The number of esters is 1. The van der Waals surface area contributed by atoms with Crippen molar-refractivity contribution in [3.8, 4) is 5.75 Å². The number of phenolic OH excluding ortho intramolecular Hbond substituents is 1. The van der Waals surface area contributed by atoms with E-state index in [0.29, 0.717) is 17.1 Å². The fraction of sp³-hybridized carbons (Fsp3) is 0.474. The lowest BCUT2D eigenvalue weighted by Gasteiger charge is -2.29. The van der Waals surface area contributed by atoms with Gasteiger partial charge in [0, 0.05) is 30.4 Å². The van der Waals surface area contributed by atoms with Gasteiger partial charge in [0.15, 0.2) is 5.12 Å². The number of hydrogen-bond acceptors (Lipinski definition) is 8. The molecule has 1 heterocycles. The maximum Gasteiger partial charge on any atom is 0.325 e. The molecule has 1 saturated heterocycles. The van der Waals surface area contributed by atoms with Crippen molar-refractivity contribution >= 4 is 46.4 Å². The van der Waals surface area contributed by atoms with Crippen LogP contribution in [0.15, 0.2) is 24.3 Å². The molecule has 2 rings (SSSR count). The molecule has 29 heavy (non-hydrogen) atoms. The van der Waals surface area contributed by atoms with Gasteiger partial charge in [0.05, 0.1) is 6.61 Å². The highest BCUT2D eigenvalue weighted by Gasteiger charge is 2.42. The van der Waals surface area contributed by atoms with Crippen LogP contribution >= 0.6 is 23.5 Å². The molecule has 2 amide bonds. The molecule has 0 aromatic heterocycles. The van der Waals surface area contributed by atoms with Crippen molar-refractivity contribution in [1.82, 2.24) is 10.2 Å². The summed E-state index contributed by atoms with van der Waals surface area (Å²) >= 11 is 2.40. The lowest BCUT2D eigenvalue weighted by molar-refractivity contribution is -0.144. The number of carbonyl (C=O) groups is 4. The van der Waals surface area contributed by atoms with Gasteiger partial charge in [-0.1, -0.05) is 30.0 Å². The minimum absolute atomic E-state index is 0.0356. The van der Waals surface area contributed by atoms with Crippen molar-refractivity contribution in [3.05, 3.63) is 29.8 Å². The number of thioether (sulfide) groups is 2. The molecule has 2 N–H and O–H groups in total. The Labute approximate surface area is 177 Å². The summed E-state index contributed by atoms with van der Waals surface area (Å²) in [5, 5.41) is 12.1. The summed E-state index contributed by atoms with van der Waals surface area (Å²) in [6.07, 6.45) is 0.0799. The number of nitrogens with one attached hydrogen (secondary N) is 1. The fourth-order valence-corrected chi connectivity index (χ4v) is 4.89. The predicted octanol–water partition coefficient (Wildman–Crippen LogP) is 1.68. The van der Waals surface area contributed by atoms with Crippen molar-refractivity contribution in [2.24, 2.45) is 0 Å². The van der Waals surface area contributed by atoms with Crippen LogP contribution in [0.1, 0.15) is 31.2 Å². The first-order chi connectivity index (χ1) is 13.8. The van der Waals surface area contributed by atoms with E-state index in [1.54, 1.807) is 25.1 Å². The quantitative estimate of drug-likeness (QED) is 0.587. The molecule has 0 radical (unpaired) electrons. The average molecular weight is 441 g/mol. The van der Waals surface area contributed by atoms with E-state index in [0.717, 1.165) is 11.8 Å². The second-order valence-corrected chi connectivity index (χ2v) is 8.56. The van der Waals surface area contributed by atoms with E-state index in [2.05, 4.69) is 5.32 Å². The normalized spacial score (nSPS) is 18.3. The first-order valence-electron chi connectivity index (χ1n) is 9.12. The minimum atomic E-state index is -0.797. The Morgan fingerprint density at radius 2 is 2.03 bits per heavy atom. The molecule has 8 nitrogen and oxygen atoms in total. The fourth-order valence-electron chi connectivity index (χ4n) is 2.85. The van der Waals surface area contributed by atoms with Crippen molar-refractivity contribution in [3.63, 3.8) is 0 Å². The van der Waals surface area contributed by atoms with Crippen molar-refractivity contribution in [2.75, 3.05) is 24.7 Å². The van der Waals surface area contributed by atoms with E-state index in [9.17, 15) is 24.3 Å². The number of carbonyl (C=O) groups excluding carboxylic acids is 4. The molecule has 1 fully saturated rings. The molecule has 0 unspecified atom stereocenters. The van der Waals surface area contributed by atoms with Crippen LogP contribution in [0.25, 0.3) is 0 Å². The molecular weight excluding hydrogens is 416 g/mol. The Morgan fingerprint density at radius 3 is 2.69 bits per heavy atom. The number of ether oxygens (including phenoxy) is 1. The van der Waals surface area contributed by atoms with Crippen LogP contribution < -0.4 is 5.32 Å². The minimum Gasteiger partial charge on any atom is -0.508 e. The Kier molecular flexibility index (Phi) is 8.84. The lowest BCUT2D eigenvalue weighted by atomic mass is 10.1. The molecule has 1 aliphatic heterocycles. The highest BCUT2D eigenvalue weighted by Crippen LogP contribution is 2.44. The van der Waals surface area contributed by atoms with Gasteiger partial charge in [0.1, 0.15) is 23.7 Å². The standard InChI is InChI=1S/C19H24N2O6S2/c1-3-27-17(25)10-20-18(26)14-11-29-19(13-6-4-5-7-15(13)23)21(14)16(24)8-9-28-12(2)22/h4-7,14,19,23H,3,8-11H2,1-2H3,(H,20,26)/t14-,19+/m0/s1. The van der Waals surface area contributed by atoms with E-state index in [1.807, 2.05) is 0 Å². The molecule has 0 bridgehead atoms. The van der Waals surface area contributed by atoms with E-state index in [4.69, 9.17) is 4.74 Å².